The highest BCUT2D eigenvalue weighted by Crippen LogP contribution is 2.33. The molecule has 462 valence electrons. The first-order valence-corrected chi connectivity index (χ1v) is 30.7. The third kappa shape index (κ3) is 27.5. The zero-order valence-electron chi connectivity index (χ0n) is 48.1. The second-order valence-corrected chi connectivity index (χ2v) is 22.2. The Morgan fingerprint density at radius 2 is 0.835 bits per heavy atom. The molecule has 17 unspecified atom stereocenters. The van der Waals surface area contributed by atoms with Gasteiger partial charge in [-0.3, -0.25) is 4.79 Å². The molecule has 0 aromatic heterocycles. The zero-order chi connectivity index (χ0) is 57.6. The number of aliphatic hydroxyl groups is 11. The number of unbranched alkanes of at least 4 members (excludes halogenated alkanes) is 25. The summed E-state index contributed by atoms with van der Waals surface area (Å²) in [5.41, 5.74) is 0. The van der Waals surface area contributed by atoms with Crippen molar-refractivity contribution in [2.45, 2.75) is 311 Å². The minimum absolute atomic E-state index is 0.243. The Balaban J connectivity index is 1.37. The number of carbonyl (C=O) groups excluding carboxylic acids is 1. The Labute approximate surface area is 472 Å². The fraction of sp³-hybridized carbons (Fsp3) is 0.883. The van der Waals surface area contributed by atoms with Gasteiger partial charge in [0.05, 0.1) is 38.6 Å². The summed E-state index contributed by atoms with van der Waals surface area (Å²) in [6, 6.07) is -0.969. The molecule has 3 rings (SSSR count). The second kappa shape index (κ2) is 43.6. The number of rotatable bonds is 45. The van der Waals surface area contributed by atoms with Crippen LogP contribution < -0.4 is 5.32 Å². The molecule has 0 aliphatic carbocycles. The molecule has 19 nitrogen and oxygen atoms in total. The topological polar surface area (TPSA) is 307 Å². The molecule has 1 amide bonds. The Hall–Kier alpha value is -1.99. The number of aliphatic hydroxyl groups excluding tert-OH is 11. The lowest BCUT2D eigenvalue weighted by molar-refractivity contribution is -0.379. The maximum Gasteiger partial charge on any atom is 0.220 e. The minimum atomic E-state index is -1.98. The van der Waals surface area contributed by atoms with Crippen LogP contribution in [0.3, 0.4) is 0 Å². The van der Waals surface area contributed by atoms with Crippen molar-refractivity contribution in [3.63, 3.8) is 0 Å². The standard InChI is InChI=1S/C60H109NO18/c1-3-5-7-9-11-12-13-14-15-16-17-18-19-20-21-22-23-24-25-26-27-28-29-30-32-34-36-38-48(66)61-43(44(65)37-35-33-31-10-8-6-4-2)42-74-58-54(72)51(69)56(46(40-63)76-58)79-60-55(73)52(70)57(47(41-64)77-60)78-59-53(71)50(68)49(67)45(39-62)75-59/h13-14,16-17,35,37,43-47,49-60,62-65,67-73H,3-12,15,18-34,36,38-42H2,1-2H3,(H,61,66)/b14-13-,17-16-,37-35+. The molecule has 0 spiro atoms. The first-order chi connectivity index (χ1) is 38.3. The summed E-state index contributed by atoms with van der Waals surface area (Å²) >= 11 is 0. The number of amides is 1. The predicted octanol–water partition coefficient (Wildman–Crippen LogP) is 5.71. The lowest BCUT2D eigenvalue weighted by Crippen LogP contribution is -2.66. The van der Waals surface area contributed by atoms with Crippen LogP contribution in [0.1, 0.15) is 206 Å². The van der Waals surface area contributed by atoms with Crippen LogP contribution in [-0.4, -0.2) is 193 Å². The van der Waals surface area contributed by atoms with E-state index in [4.69, 9.17) is 28.4 Å². The number of carbonyl (C=O) groups is 1. The maximum atomic E-state index is 13.3. The van der Waals surface area contributed by atoms with Crippen LogP contribution in [0, 0.1) is 0 Å². The second-order valence-electron chi connectivity index (χ2n) is 22.2. The summed E-state index contributed by atoms with van der Waals surface area (Å²) < 4.78 is 34.1. The lowest BCUT2D eigenvalue weighted by atomic mass is 9.96. The van der Waals surface area contributed by atoms with Gasteiger partial charge in [0, 0.05) is 6.42 Å². The average molecular weight is 1130 g/mol. The molecular formula is C60H109NO18. The summed E-state index contributed by atoms with van der Waals surface area (Å²) in [6.45, 7) is 1.63. The van der Waals surface area contributed by atoms with Crippen molar-refractivity contribution >= 4 is 5.91 Å². The van der Waals surface area contributed by atoms with Crippen molar-refractivity contribution in [1.29, 1.82) is 0 Å². The largest absolute Gasteiger partial charge is 0.394 e. The average Bonchev–Trinajstić information content (AvgIpc) is 3.47. The maximum absolute atomic E-state index is 13.3. The molecule has 79 heavy (non-hydrogen) atoms. The van der Waals surface area contributed by atoms with E-state index in [-0.39, 0.29) is 18.9 Å². The predicted molar refractivity (Wildman–Crippen MR) is 300 cm³/mol. The van der Waals surface area contributed by atoms with Gasteiger partial charge in [-0.1, -0.05) is 185 Å². The van der Waals surface area contributed by atoms with Crippen molar-refractivity contribution < 1.29 is 89.4 Å². The number of nitrogens with one attached hydrogen (secondary N) is 1. The van der Waals surface area contributed by atoms with Gasteiger partial charge < -0.3 is 89.9 Å². The van der Waals surface area contributed by atoms with Crippen LogP contribution in [0.2, 0.25) is 0 Å². The highest BCUT2D eigenvalue weighted by Gasteiger charge is 2.53. The molecule has 3 fully saturated rings. The van der Waals surface area contributed by atoms with Gasteiger partial charge in [0.1, 0.15) is 73.2 Å². The van der Waals surface area contributed by atoms with E-state index in [1.165, 1.54) is 116 Å². The summed E-state index contributed by atoms with van der Waals surface area (Å²) in [5.74, 6) is -0.280. The third-order valence-corrected chi connectivity index (χ3v) is 15.4. The van der Waals surface area contributed by atoms with Crippen molar-refractivity contribution in [2.75, 3.05) is 26.4 Å². The van der Waals surface area contributed by atoms with Crippen LogP contribution in [-0.2, 0) is 33.2 Å². The Bertz CT molecular complexity index is 1590. The first kappa shape index (κ1) is 71.3. The highest BCUT2D eigenvalue weighted by atomic mass is 16.8. The van der Waals surface area contributed by atoms with Gasteiger partial charge in [0.25, 0.3) is 0 Å². The van der Waals surface area contributed by atoms with Gasteiger partial charge in [-0.2, -0.15) is 0 Å². The van der Waals surface area contributed by atoms with Gasteiger partial charge >= 0.3 is 0 Å². The first-order valence-electron chi connectivity index (χ1n) is 30.7. The highest BCUT2D eigenvalue weighted by molar-refractivity contribution is 5.76. The number of allylic oxidation sites excluding steroid dienone is 5. The molecule has 0 aromatic carbocycles. The molecule has 0 saturated carbocycles. The molecule has 17 atom stereocenters. The Morgan fingerprint density at radius 3 is 1.29 bits per heavy atom. The van der Waals surface area contributed by atoms with E-state index in [1.807, 2.05) is 6.08 Å². The molecule has 19 heteroatoms. The molecular weight excluding hydrogens is 1020 g/mol. The Kier molecular flexibility index (Phi) is 39.4. The van der Waals surface area contributed by atoms with E-state index in [2.05, 4.69) is 43.5 Å². The Morgan fingerprint density at radius 1 is 0.456 bits per heavy atom. The zero-order valence-corrected chi connectivity index (χ0v) is 48.1. The van der Waals surface area contributed by atoms with Gasteiger partial charge in [-0.15, -0.1) is 0 Å². The summed E-state index contributed by atoms with van der Waals surface area (Å²) in [4.78, 5) is 13.3. The van der Waals surface area contributed by atoms with Crippen LogP contribution in [0.25, 0.3) is 0 Å². The lowest BCUT2D eigenvalue weighted by Gasteiger charge is -2.48. The van der Waals surface area contributed by atoms with Crippen molar-refractivity contribution in [3.05, 3.63) is 36.5 Å². The van der Waals surface area contributed by atoms with E-state index in [1.54, 1.807) is 6.08 Å². The van der Waals surface area contributed by atoms with Crippen molar-refractivity contribution in [2.24, 2.45) is 0 Å². The number of hydrogen-bond donors (Lipinski definition) is 12. The van der Waals surface area contributed by atoms with E-state index < -0.39 is 124 Å². The molecule has 3 aliphatic heterocycles. The van der Waals surface area contributed by atoms with E-state index in [0.717, 1.165) is 64.2 Å². The molecule has 0 bridgehead atoms. The van der Waals surface area contributed by atoms with Gasteiger partial charge in [-0.05, 0) is 51.4 Å². The van der Waals surface area contributed by atoms with Crippen LogP contribution in [0.15, 0.2) is 36.5 Å². The van der Waals surface area contributed by atoms with Crippen molar-refractivity contribution in [3.8, 4) is 0 Å². The molecule has 3 saturated heterocycles. The fourth-order valence-electron chi connectivity index (χ4n) is 10.3. The van der Waals surface area contributed by atoms with Crippen LogP contribution in [0.4, 0.5) is 0 Å². The number of ether oxygens (including phenoxy) is 6. The SMILES string of the molecule is CCCCCCC/C=C\C/C=C\CCCCCCCCCCCCCCCCCC(=O)NC(COC1OC(CO)C(OC2OC(CO)C(OC3OC(CO)C(O)C(O)C3O)C(O)C2O)C(O)C1O)C(O)/C=C/CCCCCCC. The van der Waals surface area contributed by atoms with Crippen molar-refractivity contribution in [1.82, 2.24) is 5.32 Å². The van der Waals surface area contributed by atoms with E-state index in [9.17, 15) is 61.0 Å². The molecule has 0 radical (unpaired) electrons. The minimum Gasteiger partial charge on any atom is -0.394 e. The normalized spacial score (nSPS) is 30.5. The summed E-state index contributed by atoms with van der Waals surface area (Å²) in [5, 5.41) is 120. The fourth-order valence-corrected chi connectivity index (χ4v) is 10.3. The van der Waals surface area contributed by atoms with Gasteiger partial charge in [0.15, 0.2) is 18.9 Å². The van der Waals surface area contributed by atoms with Crippen LogP contribution >= 0.6 is 0 Å². The smallest absolute Gasteiger partial charge is 0.220 e. The van der Waals surface area contributed by atoms with Crippen LogP contribution in [0.5, 0.6) is 0 Å². The third-order valence-electron chi connectivity index (χ3n) is 15.4. The molecule has 0 aromatic rings. The quantitative estimate of drug-likeness (QED) is 0.0257. The van der Waals surface area contributed by atoms with E-state index >= 15 is 0 Å². The summed E-state index contributed by atoms with van der Waals surface area (Å²) in [6.07, 6.45) is 20.4. The van der Waals surface area contributed by atoms with Gasteiger partial charge in [-0.25, -0.2) is 0 Å². The monoisotopic (exact) mass is 1130 g/mol. The summed E-state index contributed by atoms with van der Waals surface area (Å²) in [7, 11) is 0. The molecule has 3 aliphatic rings. The van der Waals surface area contributed by atoms with Gasteiger partial charge in [0.2, 0.25) is 5.91 Å². The molecule has 12 N–H and O–H groups in total. The molecule has 3 heterocycles. The number of hydrogen-bond acceptors (Lipinski definition) is 18. The van der Waals surface area contributed by atoms with E-state index in [0.29, 0.717) is 6.42 Å².